The van der Waals surface area contributed by atoms with Crippen molar-refractivity contribution in [2.45, 2.75) is 45.2 Å². The van der Waals surface area contributed by atoms with Gasteiger partial charge in [0.2, 0.25) is 11.8 Å². The van der Waals surface area contributed by atoms with Crippen molar-refractivity contribution in [3.05, 3.63) is 94.0 Å². The first-order valence-corrected chi connectivity index (χ1v) is 14.2. The van der Waals surface area contributed by atoms with Crippen LogP contribution in [0.2, 0.25) is 0 Å². The van der Waals surface area contributed by atoms with Crippen LogP contribution in [0.4, 0.5) is 5.69 Å². The molecule has 0 unspecified atom stereocenters. The van der Waals surface area contributed by atoms with Gasteiger partial charge < -0.3 is 10.2 Å². The average Bonchev–Trinajstić information content (AvgIpc) is 2.86. The van der Waals surface area contributed by atoms with E-state index in [-0.39, 0.29) is 17.3 Å². The lowest BCUT2D eigenvalue weighted by molar-refractivity contribution is -0.139. The summed E-state index contributed by atoms with van der Waals surface area (Å²) in [6.45, 7) is 7.32. The first-order valence-electron chi connectivity index (χ1n) is 12.0. The predicted octanol–water partition coefficient (Wildman–Crippen LogP) is 4.81. The molecule has 3 aromatic rings. The molecule has 0 bridgehead atoms. The summed E-state index contributed by atoms with van der Waals surface area (Å²) in [5.74, 6) is -0.794. The van der Waals surface area contributed by atoms with Crippen LogP contribution in [0.1, 0.15) is 30.5 Å². The minimum atomic E-state index is -4.07. The molecule has 0 aliphatic carbocycles. The Labute approximate surface area is 227 Å². The maximum absolute atomic E-state index is 13.8. The molecule has 37 heavy (non-hydrogen) atoms. The van der Waals surface area contributed by atoms with E-state index in [4.69, 9.17) is 0 Å². The summed E-state index contributed by atoms with van der Waals surface area (Å²) in [7, 11) is -4.07. The molecule has 7 nitrogen and oxygen atoms in total. The number of nitrogens with zero attached hydrogens (tertiary/aromatic N) is 2. The Morgan fingerprint density at radius 3 is 2.11 bits per heavy atom. The van der Waals surface area contributed by atoms with E-state index in [1.165, 1.54) is 17.0 Å². The van der Waals surface area contributed by atoms with Gasteiger partial charge in [-0.15, -0.1) is 0 Å². The molecule has 0 saturated carbocycles. The summed E-state index contributed by atoms with van der Waals surface area (Å²) in [5.41, 5.74) is 2.96. The van der Waals surface area contributed by atoms with Gasteiger partial charge in [0.25, 0.3) is 10.0 Å². The summed E-state index contributed by atoms with van der Waals surface area (Å²) in [4.78, 5) is 28.1. The van der Waals surface area contributed by atoms with E-state index in [1.54, 1.807) is 44.2 Å². The van der Waals surface area contributed by atoms with Crippen LogP contribution in [0.3, 0.4) is 0 Å². The maximum Gasteiger partial charge on any atom is 0.264 e. The quantitative estimate of drug-likeness (QED) is 0.370. The highest BCUT2D eigenvalue weighted by Gasteiger charge is 2.32. The van der Waals surface area contributed by atoms with Crippen molar-refractivity contribution in [2.24, 2.45) is 0 Å². The van der Waals surface area contributed by atoms with E-state index in [1.807, 2.05) is 44.2 Å². The lowest BCUT2D eigenvalue weighted by atomic mass is 10.1. The number of anilines is 1. The third-order valence-electron chi connectivity index (χ3n) is 5.89. The number of rotatable bonds is 10. The fourth-order valence-corrected chi connectivity index (χ4v) is 5.72. The van der Waals surface area contributed by atoms with Crippen LogP contribution < -0.4 is 9.62 Å². The Balaban J connectivity index is 2.04. The Morgan fingerprint density at radius 2 is 1.54 bits per heavy atom. The van der Waals surface area contributed by atoms with Gasteiger partial charge in [0, 0.05) is 17.6 Å². The van der Waals surface area contributed by atoms with Crippen LogP contribution >= 0.6 is 15.9 Å². The highest BCUT2D eigenvalue weighted by atomic mass is 79.9. The van der Waals surface area contributed by atoms with E-state index in [2.05, 4.69) is 21.2 Å². The first kappa shape index (κ1) is 28.4. The minimum absolute atomic E-state index is 0.0817. The zero-order valence-electron chi connectivity index (χ0n) is 21.4. The van der Waals surface area contributed by atoms with Crippen molar-refractivity contribution in [1.82, 2.24) is 10.2 Å². The molecule has 0 saturated heterocycles. The molecule has 3 rings (SSSR count). The number of amides is 2. The largest absolute Gasteiger partial charge is 0.355 e. The minimum Gasteiger partial charge on any atom is -0.355 e. The molecule has 3 aromatic carbocycles. The van der Waals surface area contributed by atoms with Crippen molar-refractivity contribution >= 4 is 43.5 Å². The lowest BCUT2D eigenvalue weighted by Crippen LogP contribution is -2.51. The van der Waals surface area contributed by atoms with Crippen molar-refractivity contribution < 1.29 is 18.0 Å². The average molecular weight is 587 g/mol. The van der Waals surface area contributed by atoms with E-state index >= 15 is 0 Å². The van der Waals surface area contributed by atoms with Crippen LogP contribution in [0.5, 0.6) is 0 Å². The van der Waals surface area contributed by atoms with Crippen LogP contribution in [-0.2, 0) is 26.2 Å². The van der Waals surface area contributed by atoms with Crippen molar-refractivity contribution in [3.8, 4) is 0 Å². The summed E-state index contributed by atoms with van der Waals surface area (Å²) < 4.78 is 29.6. The van der Waals surface area contributed by atoms with Gasteiger partial charge in [-0.1, -0.05) is 52.3 Å². The second-order valence-electron chi connectivity index (χ2n) is 8.89. The van der Waals surface area contributed by atoms with E-state index in [0.29, 0.717) is 12.2 Å². The molecule has 0 spiro atoms. The lowest BCUT2D eigenvalue weighted by Gasteiger charge is -2.32. The Morgan fingerprint density at radius 1 is 0.946 bits per heavy atom. The Bertz CT molecular complexity index is 1330. The van der Waals surface area contributed by atoms with Crippen molar-refractivity contribution in [2.75, 3.05) is 17.4 Å². The van der Waals surface area contributed by atoms with Crippen LogP contribution in [0.15, 0.2) is 82.2 Å². The zero-order chi connectivity index (χ0) is 27.2. The van der Waals surface area contributed by atoms with Crippen LogP contribution in [-0.4, -0.2) is 44.3 Å². The normalized spacial score (nSPS) is 12.0. The van der Waals surface area contributed by atoms with E-state index in [0.717, 1.165) is 25.5 Å². The number of halogens is 1. The van der Waals surface area contributed by atoms with Gasteiger partial charge in [-0.05, 0) is 80.8 Å². The Kier molecular flexibility index (Phi) is 9.50. The first-order chi connectivity index (χ1) is 17.5. The molecule has 1 atom stereocenters. The topological polar surface area (TPSA) is 86.8 Å². The molecular weight excluding hydrogens is 554 g/mol. The van der Waals surface area contributed by atoms with Gasteiger partial charge in [0.1, 0.15) is 12.6 Å². The molecule has 0 aliphatic heterocycles. The van der Waals surface area contributed by atoms with Gasteiger partial charge in [0.05, 0.1) is 10.6 Å². The fourth-order valence-electron chi connectivity index (χ4n) is 4.03. The zero-order valence-corrected chi connectivity index (χ0v) is 23.8. The van der Waals surface area contributed by atoms with E-state index < -0.39 is 28.5 Å². The van der Waals surface area contributed by atoms with E-state index in [9.17, 15) is 18.0 Å². The summed E-state index contributed by atoms with van der Waals surface area (Å²) in [5, 5.41) is 2.76. The third kappa shape index (κ3) is 7.20. The fraction of sp³-hybridized carbons (Fsp3) is 0.286. The molecule has 0 aromatic heterocycles. The third-order valence-corrected chi connectivity index (χ3v) is 8.21. The Hall–Kier alpha value is -3.17. The number of nitrogens with one attached hydrogen (secondary N) is 1. The molecular formula is C28H32BrN3O4S. The van der Waals surface area contributed by atoms with Crippen LogP contribution in [0, 0.1) is 13.8 Å². The standard InChI is InChI=1S/C28H32BrN3O4S/c1-5-30-28(34)22(4)31(18-23-11-13-24(29)14-12-23)27(33)19-32(25-16-20(2)15-21(3)17-25)37(35,36)26-9-7-6-8-10-26/h6-17,22H,5,18-19H2,1-4H3,(H,30,34)/t22-/m1/s1. The number of sulfonamides is 1. The maximum atomic E-state index is 13.8. The van der Waals surface area contributed by atoms with Crippen molar-refractivity contribution in [3.63, 3.8) is 0 Å². The number of carbonyl (C=O) groups is 2. The monoisotopic (exact) mass is 585 g/mol. The second kappa shape index (κ2) is 12.4. The number of hydrogen-bond acceptors (Lipinski definition) is 4. The number of likely N-dealkylation sites (N-methyl/N-ethyl adjacent to an activating group) is 1. The summed E-state index contributed by atoms with van der Waals surface area (Å²) in [6.07, 6.45) is 0. The number of benzene rings is 3. The number of aryl methyl sites for hydroxylation is 2. The van der Waals surface area contributed by atoms with Gasteiger partial charge in [-0.25, -0.2) is 8.42 Å². The molecule has 2 amide bonds. The highest BCUT2D eigenvalue weighted by molar-refractivity contribution is 9.10. The van der Waals surface area contributed by atoms with Gasteiger partial charge in [-0.2, -0.15) is 0 Å². The van der Waals surface area contributed by atoms with Crippen molar-refractivity contribution in [1.29, 1.82) is 0 Å². The second-order valence-corrected chi connectivity index (χ2v) is 11.7. The molecule has 9 heteroatoms. The van der Waals surface area contributed by atoms with Gasteiger partial charge in [0.15, 0.2) is 0 Å². The highest BCUT2D eigenvalue weighted by Crippen LogP contribution is 2.26. The SMILES string of the molecule is CCNC(=O)[C@@H](C)N(Cc1ccc(Br)cc1)C(=O)CN(c1cc(C)cc(C)c1)S(=O)(=O)c1ccccc1. The number of hydrogen-bond donors (Lipinski definition) is 1. The molecule has 196 valence electrons. The summed E-state index contributed by atoms with van der Waals surface area (Å²) >= 11 is 3.41. The molecule has 0 aliphatic rings. The molecule has 0 fully saturated rings. The smallest absolute Gasteiger partial charge is 0.264 e. The van der Waals surface area contributed by atoms with Gasteiger partial charge >= 0.3 is 0 Å². The molecule has 0 radical (unpaired) electrons. The molecule has 0 heterocycles. The number of carbonyl (C=O) groups excluding carboxylic acids is 2. The predicted molar refractivity (Wildman–Crippen MR) is 150 cm³/mol. The molecule has 1 N–H and O–H groups in total. The summed E-state index contributed by atoms with van der Waals surface area (Å²) in [6, 6.07) is 20.1. The van der Waals surface area contributed by atoms with Gasteiger partial charge in [-0.3, -0.25) is 13.9 Å². The van der Waals surface area contributed by atoms with Crippen LogP contribution in [0.25, 0.3) is 0 Å².